The number of rotatable bonds is 9. The molecule has 4 aromatic rings. The zero-order valence-electron chi connectivity index (χ0n) is 21.9. The van der Waals surface area contributed by atoms with Gasteiger partial charge in [0.2, 0.25) is 5.91 Å². The molecule has 11 heteroatoms. The molecule has 0 unspecified atom stereocenters. The van der Waals surface area contributed by atoms with Crippen molar-refractivity contribution in [3.63, 3.8) is 0 Å². The van der Waals surface area contributed by atoms with Gasteiger partial charge in [-0.05, 0) is 48.2 Å². The molecule has 3 aromatic carbocycles. The normalized spacial score (nSPS) is 10.8. The number of hydrogen-bond donors (Lipinski definition) is 2. The van der Waals surface area contributed by atoms with Crippen LogP contribution in [0.25, 0.3) is 10.9 Å². The Morgan fingerprint density at radius 2 is 1.62 bits per heavy atom. The van der Waals surface area contributed by atoms with Crippen LogP contribution in [0.15, 0.2) is 75.1 Å². The van der Waals surface area contributed by atoms with Gasteiger partial charge in [0, 0.05) is 29.3 Å². The fourth-order valence-corrected chi connectivity index (χ4v) is 4.63. The molecule has 0 spiro atoms. The monoisotopic (exact) mass is 548 g/mol. The first kappa shape index (κ1) is 27.5. The van der Waals surface area contributed by atoms with Crippen LogP contribution in [-0.4, -0.2) is 48.5 Å². The van der Waals surface area contributed by atoms with Crippen molar-refractivity contribution >= 4 is 40.2 Å². The van der Waals surface area contributed by atoms with Gasteiger partial charge in [-0.1, -0.05) is 18.2 Å². The molecule has 0 aliphatic rings. The van der Waals surface area contributed by atoms with Gasteiger partial charge in [0.1, 0.15) is 6.54 Å². The van der Waals surface area contributed by atoms with Crippen LogP contribution in [0.4, 0.5) is 5.69 Å². The molecule has 39 heavy (non-hydrogen) atoms. The molecule has 10 nitrogen and oxygen atoms in total. The highest BCUT2D eigenvalue weighted by molar-refractivity contribution is 7.98. The van der Waals surface area contributed by atoms with Crippen LogP contribution >= 0.6 is 11.8 Å². The van der Waals surface area contributed by atoms with Crippen LogP contribution in [0.5, 0.6) is 11.5 Å². The maximum atomic E-state index is 13.7. The second-order valence-electron chi connectivity index (χ2n) is 8.54. The molecule has 4 rings (SSSR count). The van der Waals surface area contributed by atoms with E-state index in [1.165, 1.54) is 38.0 Å². The summed E-state index contributed by atoms with van der Waals surface area (Å²) >= 11 is 1.54. The molecule has 202 valence electrons. The van der Waals surface area contributed by atoms with Crippen molar-refractivity contribution in [1.29, 1.82) is 0 Å². The van der Waals surface area contributed by atoms with Crippen molar-refractivity contribution in [3.05, 3.63) is 92.6 Å². The molecule has 0 bridgehead atoms. The molecule has 0 saturated carbocycles. The van der Waals surface area contributed by atoms with E-state index in [1.807, 2.05) is 24.5 Å². The van der Waals surface area contributed by atoms with Crippen molar-refractivity contribution < 1.29 is 19.1 Å². The number of benzene rings is 3. The Kier molecular flexibility index (Phi) is 8.40. The summed E-state index contributed by atoms with van der Waals surface area (Å²) in [6.07, 6.45) is 1.93. The number of nitrogens with zero attached hydrogens (tertiary/aromatic N) is 2. The molecular formula is C28H28N4O6S. The number of methoxy groups -OCH3 is 2. The largest absolute Gasteiger partial charge is 0.493 e. The lowest BCUT2D eigenvalue weighted by atomic mass is 10.1. The predicted molar refractivity (Wildman–Crippen MR) is 151 cm³/mol. The molecular weight excluding hydrogens is 520 g/mol. The van der Waals surface area contributed by atoms with Crippen LogP contribution in [0, 0.1) is 0 Å². The van der Waals surface area contributed by atoms with Crippen LogP contribution in [-0.2, 0) is 17.9 Å². The second kappa shape index (κ2) is 11.9. The maximum absolute atomic E-state index is 13.7. The fourth-order valence-electron chi connectivity index (χ4n) is 4.17. The number of fused-ring (bicyclic) bond motifs is 1. The minimum Gasteiger partial charge on any atom is -0.493 e. The molecule has 0 aliphatic heterocycles. The number of nitrogens with one attached hydrogen (secondary N) is 2. The molecule has 1 aromatic heterocycles. The third-order valence-corrected chi connectivity index (χ3v) is 6.89. The number of carbonyl (C=O) groups is 2. The van der Waals surface area contributed by atoms with Crippen molar-refractivity contribution in [2.75, 3.05) is 32.8 Å². The predicted octanol–water partition coefficient (Wildman–Crippen LogP) is 2.95. The van der Waals surface area contributed by atoms with Gasteiger partial charge in [-0.15, -0.1) is 11.8 Å². The maximum Gasteiger partial charge on any atom is 0.332 e. The molecule has 1 heterocycles. The number of anilines is 1. The van der Waals surface area contributed by atoms with Gasteiger partial charge in [-0.25, -0.2) is 4.79 Å². The minimum absolute atomic E-state index is 0.0621. The zero-order chi connectivity index (χ0) is 28.1. The second-order valence-corrected chi connectivity index (χ2v) is 9.42. The molecule has 0 atom stereocenters. The number of aromatic nitrogens is 2. The lowest BCUT2D eigenvalue weighted by Crippen LogP contribution is -2.42. The van der Waals surface area contributed by atoms with E-state index in [4.69, 9.17) is 9.47 Å². The highest BCUT2D eigenvalue weighted by Crippen LogP contribution is 2.30. The van der Waals surface area contributed by atoms with Crippen LogP contribution in [0.1, 0.15) is 15.9 Å². The highest BCUT2D eigenvalue weighted by atomic mass is 32.2. The van der Waals surface area contributed by atoms with Gasteiger partial charge >= 0.3 is 5.69 Å². The summed E-state index contributed by atoms with van der Waals surface area (Å²) in [5.41, 5.74) is 0.698. The van der Waals surface area contributed by atoms with E-state index in [0.717, 1.165) is 9.46 Å². The Bertz CT molecular complexity index is 1660. The number of carbonyl (C=O) groups excluding carboxylic acids is 2. The number of amides is 2. The molecule has 0 saturated heterocycles. The van der Waals surface area contributed by atoms with Crippen molar-refractivity contribution in [2.45, 2.75) is 18.0 Å². The Hall–Kier alpha value is -4.51. The smallest absolute Gasteiger partial charge is 0.332 e. The topological polar surface area (TPSA) is 121 Å². The average molecular weight is 549 g/mol. The van der Waals surface area contributed by atoms with E-state index < -0.39 is 17.2 Å². The first-order valence-electron chi connectivity index (χ1n) is 11.9. The van der Waals surface area contributed by atoms with Crippen molar-refractivity contribution in [1.82, 2.24) is 14.5 Å². The quantitative estimate of drug-likeness (QED) is 0.309. The van der Waals surface area contributed by atoms with E-state index >= 15 is 0 Å². The van der Waals surface area contributed by atoms with Crippen LogP contribution < -0.4 is 31.4 Å². The first-order valence-corrected chi connectivity index (χ1v) is 13.2. The Labute approximate surface area is 228 Å². The first-order chi connectivity index (χ1) is 18.8. The van der Waals surface area contributed by atoms with E-state index in [0.29, 0.717) is 28.3 Å². The summed E-state index contributed by atoms with van der Waals surface area (Å²) in [4.78, 5) is 53.1. The lowest BCUT2D eigenvalue weighted by molar-refractivity contribution is -0.116. The third kappa shape index (κ3) is 5.83. The lowest BCUT2D eigenvalue weighted by Gasteiger charge is -2.16. The van der Waals surface area contributed by atoms with E-state index in [-0.39, 0.29) is 29.9 Å². The third-order valence-electron chi connectivity index (χ3n) is 6.17. The summed E-state index contributed by atoms with van der Waals surface area (Å²) in [5, 5.41) is 5.56. The summed E-state index contributed by atoms with van der Waals surface area (Å²) < 4.78 is 13.1. The summed E-state index contributed by atoms with van der Waals surface area (Å²) in [6, 6.07) is 16.9. The van der Waals surface area contributed by atoms with Gasteiger partial charge in [0.05, 0.1) is 31.7 Å². The summed E-state index contributed by atoms with van der Waals surface area (Å²) in [5.74, 6) is -0.0613. The van der Waals surface area contributed by atoms with Gasteiger partial charge in [-0.3, -0.25) is 23.5 Å². The average Bonchev–Trinajstić information content (AvgIpc) is 2.96. The van der Waals surface area contributed by atoms with Crippen molar-refractivity contribution in [2.24, 2.45) is 0 Å². The van der Waals surface area contributed by atoms with Gasteiger partial charge in [0.25, 0.3) is 11.5 Å². The summed E-state index contributed by atoms with van der Waals surface area (Å²) in [7, 11) is 4.43. The molecule has 0 radical (unpaired) electrons. The number of thioether (sulfide) groups is 1. The minimum atomic E-state index is -0.664. The fraction of sp³-hybridized carbons (Fsp3) is 0.214. The Morgan fingerprint density at radius 3 is 2.26 bits per heavy atom. The van der Waals surface area contributed by atoms with E-state index in [1.54, 1.807) is 42.1 Å². The number of ether oxygens (including phenoxy) is 2. The molecule has 2 N–H and O–H groups in total. The van der Waals surface area contributed by atoms with Gasteiger partial charge in [0.15, 0.2) is 11.5 Å². The number of hydrogen-bond acceptors (Lipinski definition) is 7. The standard InChI is InChI=1S/C28H28N4O6S/c1-29-26(34)18-10-8-17(9-11-18)15-32-27(35)21-13-23(37-2)24(38-3)14-22(21)31(28(32)36)16-25(33)30-19-6-5-7-20(12-19)39-4/h5-14H,15-16H2,1-4H3,(H,29,34)(H,30,33). The van der Waals surface area contributed by atoms with E-state index in [2.05, 4.69) is 10.6 Å². The van der Waals surface area contributed by atoms with Gasteiger partial charge in [-0.2, -0.15) is 0 Å². The Balaban J connectivity index is 1.80. The highest BCUT2D eigenvalue weighted by Gasteiger charge is 2.19. The van der Waals surface area contributed by atoms with Crippen LogP contribution in [0.3, 0.4) is 0 Å². The Morgan fingerprint density at radius 1 is 0.923 bits per heavy atom. The van der Waals surface area contributed by atoms with Crippen molar-refractivity contribution in [3.8, 4) is 11.5 Å². The molecule has 0 fully saturated rings. The van der Waals surface area contributed by atoms with Crippen LogP contribution in [0.2, 0.25) is 0 Å². The van der Waals surface area contributed by atoms with E-state index in [9.17, 15) is 19.2 Å². The molecule has 0 aliphatic carbocycles. The zero-order valence-corrected chi connectivity index (χ0v) is 22.8. The molecule has 2 amide bonds. The summed E-state index contributed by atoms with van der Waals surface area (Å²) in [6.45, 7) is -0.405. The SMILES string of the molecule is CNC(=O)c1ccc(Cn2c(=O)c3cc(OC)c(OC)cc3n(CC(=O)Nc3cccc(SC)c3)c2=O)cc1. The van der Waals surface area contributed by atoms with Gasteiger partial charge < -0.3 is 20.1 Å².